The molecule has 0 saturated heterocycles. The zero-order valence-electron chi connectivity index (χ0n) is 12.5. The normalized spacial score (nSPS) is 10.9. The summed E-state index contributed by atoms with van der Waals surface area (Å²) in [6, 6.07) is 11.7. The molecule has 0 fully saturated rings. The molecule has 3 heteroatoms. The van der Waals surface area contributed by atoms with Crippen LogP contribution >= 0.6 is 0 Å². The van der Waals surface area contributed by atoms with E-state index in [0.29, 0.717) is 0 Å². The van der Waals surface area contributed by atoms with Gasteiger partial charge in [0.05, 0.1) is 17.9 Å². The first-order chi connectivity index (χ1) is 9.56. The number of pyridine rings is 1. The lowest BCUT2D eigenvalue weighted by atomic mass is 10.1. The van der Waals surface area contributed by atoms with Gasteiger partial charge in [-0.15, -0.1) is 0 Å². The van der Waals surface area contributed by atoms with E-state index in [1.807, 2.05) is 64.1 Å². The van der Waals surface area contributed by atoms with Crippen LogP contribution in [0.25, 0.3) is 11.3 Å². The van der Waals surface area contributed by atoms with Crippen LogP contribution in [0.3, 0.4) is 0 Å². The minimum atomic E-state index is 0.131. The van der Waals surface area contributed by atoms with E-state index in [1.165, 1.54) is 0 Å². The summed E-state index contributed by atoms with van der Waals surface area (Å²) in [6.45, 7) is 8.05. The van der Waals surface area contributed by atoms with Crippen molar-refractivity contribution in [3.8, 4) is 22.8 Å². The van der Waals surface area contributed by atoms with Gasteiger partial charge in [0.25, 0.3) is 0 Å². The highest BCUT2D eigenvalue weighted by atomic mass is 16.5. The highest BCUT2D eigenvalue weighted by Crippen LogP contribution is 2.31. The largest absolute Gasteiger partial charge is 0.491 e. The minimum absolute atomic E-state index is 0.131. The Morgan fingerprint density at radius 3 is 2.30 bits per heavy atom. The van der Waals surface area contributed by atoms with Crippen LogP contribution < -0.4 is 9.47 Å². The van der Waals surface area contributed by atoms with E-state index in [1.54, 1.807) is 6.20 Å². The lowest BCUT2D eigenvalue weighted by Crippen LogP contribution is -2.07. The maximum absolute atomic E-state index is 5.84. The second kappa shape index (κ2) is 6.42. The van der Waals surface area contributed by atoms with E-state index in [-0.39, 0.29) is 12.2 Å². The summed E-state index contributed by atoms with van der Waals surface area (Å²) in [4.78, 5) is 4.42. The predicted molar refractivity (Wildman–Crippen MR) is 81.2 cm³/mol. The summed E-state index contributed by atoms with van der Waals surface area (Å²) >= 11 is 0. The standard InChI is InChI=1S/C17H21NO2/c1-12(2)19-14-9-10-18-16(11-14)15-7-5-6-8-17(15)20-13(3)4/h5-13H,1-4H3. The van der Waals surface area contributed by atoms with Crippen molar-refractivity contribution in [2.45, 2.75) is 39.9 Å². The molecule has 1 aromatic carbocycles. The van der Waals surface area contributed by atoms with Gasteiger partial charge in [0.1, 0.15) is 11.5 Å². The van der Waals surface area contributed by atoms with E-state index in [0.717, 1.165) is 22.8 Å². The number of rotatable bonds is 5. The van der Waals surface area contributed by atoms with Crippen LogP contribution in [-0.2, 0) is 0 Å². The summed E-state index contributed by atoms with van der Waals surface area (Å²) in [5, 5.41) is 0. The maximum Gasteiger partial charge on any atom is 0.129 e. The van der Waals surface area contributed by atoms with Gasteiger partial charge in [-0.3, -0.25) is 4.98 Å². The molecule has 0 spiro atoms. The number of hydrogen-bond acceptors (Lipinski definition) is 3. The Balaban J connectivity index is 2.36. The summed E-state index contributed by atoms with van der Waals surface area (Å²) in [5.74, 6) is 1.67. The monoisotopic (exact) mass is 271 g/mol. The average Bonchev–Trinajstić information content (AvgIpc) is 2.38. The van der Waals surface area contributed by atoms with Gasteiger partial charge in [0, 0.05) is 17.8 Å². The topological polar surface area (TPSA) is 31.4 Å². The number of nitrogens with zero attached hydrogens (tertiary/aromatic N) is 1. The fraction of sp³-hybridized carbons (Fsp3) is 0.353. The van der Waals surface area contributed by atoms with Crippen LogP contribution in [0.15, 0.2) is 42.6 Å². The number of para-hydroxylation sites is 1. The Hall–Kier alpha value is -2.03. The van der Waals surface area contributed by atoms with Gasteiger partial charge in [0.2, 0.25) is 0 Å². The molecule has 2 aromatic rings. The highest BCUT2D eigenvalue weighted by Gasteiger charge is 2.09. The van der Waals surface area contributed by atoms with E-state index < -0.39 is 0 Å². The van der Waals surface area contributed by atoms with Crippen LogP contribution in [0, 0.1) is 0 Å². The van der Waals surface area contributed by atoms with Crippen molar-refractivity contribution >= 4 is 0 Å². The Labute approximate surface area is 120 Å². The molecule has 0 bridgehead atoms. The molecule has 0 atom stereocenters. The number of benzene rings is 1. The third-order valence-corrected chi connectivity index (χ3v) is 2.63. The summed E-state index contributed by atoms with van der Waals surface area (Å²) < 4.78 is 11.6. The van der Waals surface area contributed by atoms with Crippen molar-refractivity contribution in [2.75, 3.05) is 0 Å². The first-order valence-electron chi connectivity index (χ1n) is 6.95. The van der Waals surface area contributed by atoms with Crippen molar-refractivity contribution in [2.24, 2.45) is 0 Å². The first-order valence-corrected chi connectivity index (χ1v) is 6.95. The number of aromatic nitrogens is 1. The van der Waals surface area contributed by atoms with Crippen LogP contribution in [0.2, 0.25) is 0 Å². The van der Waals surface area contributed by atoms with Crippen molar-refractivity contribution in [1.82, 2.24) is 4.98 Å². The zero-order valence-corrected chi connectivity index (χ0v) is 12.5. The van der Waals surface area contributed by atoms with Crippen molar-refractivity contribution < 1.29 is 9.47 Å². The zero-order chi connectivity index (χ0) is 14.5. The van der Waals surface area contributed by atoms with Gasteiger partial charge < -0.3 is 9.47 Å². The molecule has 0 aliphatic heterocycles. The van der Waals surface area contributed by atoms with E-state index in [2.05, 4.69) is 4.98 Å². The van der Waals surface area contributed by atoms with Gasteiger partial charge in [-0.1, -0.05) is 12.1 Å². The summed E-state index contributed by atoms with van der Waals surface area (Å²) in [5.41, 5.74) is 1.84. The number of hydrogen-bond donors (Lipinski definition) is 0. The minimum Gasteiger partial charge on any atom is -0.491 e. The fourth-order valence-electron chi connectivity index (χ4n) is 1.94. The predicted octanol–water partition coefficient (Wildman–Crippen LogP) is 4.32. The Bertz CT molecular complexity index is 564. The molecule has 0 unspecified atom stereocenters. The molecule has 0 N–H and O–H groups in total. The quantitative estimate of drug-likeness (QED) is 0.811. The molecule has 3 nitrogen and oxygen atoms in total. The van der Waals surface area contributed by atoms with Crippen LogP contribution in [0.5, 0.6) is 11.5 Å². The summed E-state index contributed by atoms with van der Waals surface area (Å²) in [7, 11) is 0. The van der Waals surface area contributed by atoms with Crippen molar-refractivity contribution in [3.05, 3.63) is 42.6 Å². The molecule has 2 rings (SSSR count). The van der Waals surface area contributed by atoms with Crippen LogP contribution in [0.4, 0.5) is 0 Å². The Kier molecular flexibility index (Phi) is 4.61. The van der Waals surface area contributed by atoms with E-state index in [9.17, 15) is 0 Å². The van der Waals surface area contributed by atoms with Gasteiger partial charge in [-0.2, -0.15) is 0 Å². The third-order valence-electron chi connectivity index (χ3n) is 2.63. The van der Waals surface area contributed by atoms with E-state index in [4.69, 9.17) is 9.47 Å². The van der Waals surface area contributed by atoms with E-state index >= 15 is 0 Å². The van der Waals surface area contributed by atoms with Crippen molar-refractivity contribution in [1.29, 1.82) is 0 Å². The molecule has 106 valence electrons. The molecule has 0 aliphatic carbocycles. The van der Waals surface area contributed by atoms with Crippen LogP contribution in [-0.4, -0.2) is 17.2 Å². The van der Waals surface area contributed by atoms with Gasteiger partial charge in [-0.25, -0.2) is 0 Å². The molecular weight excluding hydrogens is 250 g/mol. The SMILES string of the molecule is CC(C)Oc1ccnc(-c2ccccc2OC(C)C)c1. The lowest BCUT2D eigenvalue weighted by Gasteiger charge is -2.15. The molecule has 0 amide bonds. The number of ether oxygens (including phenoxy) is 2. The molecule has 1 heterocycles. The second-order valence-electron chi connectivity index (χ2n) is 5.21. The molecule has 0 saturated carbocycles. The molecular formula is C17H21NO2. The Morgan fingerprint density at radius 2 is 1.60 bits per heavy atom. The lowest BCUT2D eigenvalue weighted by molar-refractivity contribution is 0.242. The third kappa shape index (κ3) is 3.73. The fourth-order valence-corrected chi connectivity index (χ4v) is 1.94. The smallest absolute Gasteiger partial charge is 0.129 e. The van der Waals surface area contributed by atoms with Gasteiger partial charge in [-0.05, 0) is 45.9 Å². The average molecular weight is 271 g/mol. The maximum atomic E-state index is 5.84. The second-order valence-corrected chi connectivity index (χ2v) is 5.21. The molecule has 0 radical (unpaired) electrons. The molecule has 1 aromatic heterocycles. The van der Waals surface area contributed by atoms with Gasteiger partial charge >= 0.3 is 0 Å². The Morgan fingerprint density at radius 1 is 0.900 bits per heavy atom. The van der Waals surface area contributed by atoms with Crippen LogP contribution in [0.1, 0.15) is 27.7 Å². The summed E-state index contributed by atoms with van der Waals surface area (Å²) in [6.07, 6.45) is 2.04. The van der Waals surface area contributed by atoms with Crippen molar-refractivity contribution in [3.63, 3.8) is 0 Å². The molecule has 20 heavy (non-hydrogen) atoms. The highest BCUT2D eigenvalue weighted by molar-refractivity contribution is 5.68. The molecule has 0 aliphatic rings. The first kappa shape index (κ1) is 14.4. The van der Waals surface area contributed by atoms with Gasteiger partial charge in [0.15, 0.2) is 0 Å².